The van der Waals surface area contributed by atoms with Gasteiger partial charge in [0.1, 0.15) is 0 Å². The number of aromatic nitrogens is 2. The van der Waals surface area contributed by atoms with E-state index in [4.69, 9.17) is 0 Å². The summed E-state index contributed by atoms with van der Waals surface area (Å²) in [6.45, 7) is 7.18. The Morgan fingerprint density at radius 1 is 1.28 bits per heavy atom. The minimum absolute atomic E-state index is 0.0918. The predicted molar refractivity (Wildman–Crippen MR) is 93.0 cm³/mol. The molecule has 0 N–H and O–H groups in total. The number of hydrogen-bond acceptors (Lipinski definition) is 5. The molecule has 8 heteroatoms. The molecule has 2 fully saturated rings. The number of nitro groups is 1. The van der Waals surface area contributed by atoms with Gasteiger partial charge in [-0.15, -0.1) is 0 Å². The summed E-state index contributed by atoms with van der Waals surface area (Å²) in [6.07, 6.45) is 5.86. The van der Waals surface area contributed by atoms with Gasteiger partial charge in [0.15, 0.2) is 0 Å². The fraction of sp³-hybridized carbons (Fsp3) is 0.765. The molecule has 0 aromatic carbocycles. The molecule has 0 spiro atoms. The maximum absolute atomic E-state index is 12.8. The third-order valence-corrected chi connectivity index (χ3v) is 5.41. The fourth-order valence-corrected chi connectivity index (χ4v) is 3.76. The van der Waals surface area contributed by atoms with Crippen LogP contribution in [0.4, 0.5) is 5.82 Å². The Kier molecular flexibility index (Phi) is 5.67. The van der Waals surface area contributed by atoms with Crippen molar-refractivity contribution in [1.29, 1.82) is 0 Å². The number of hydrogen-bond donors (Lipinski definition) is 0. The first-order valence-electron chi connectivity index (χ1n) is 9.22. The standard InChI is InChI=1S/C17H27N5O3/c1-14-4-8-20(9-5-14)17(23)15-3-2-7-19(13-15)11-12-21-10-6-16(18-21)22(24)25/h6,10,14-15H,2-5,7-9,11-13H2,1H3/t15-/m0/s1. The van der Waals surface area contributed by atoms with Crippen LogP contribution in [0, 0.1) is 22.0 Å². The van der Waals surface area contributed by atoms with Crippen LogP contribution in [0.15, 0.2) is 12.3 Å². The van der Waals surface area contributed by atoms with Crippen LogP contribution in [-0.2, 0) is 11.3 Å². The molecular formula is C17H27N5O3. The molecule has 138 valence electrons. The zero-order valence-electron chi connectivity index (χ0n) is 14.8. The first kappa shape index (κ1) is 17.8. The second-order valence-electron chi connectivity index (χ2n) is 7.34. The second kappa shape index (κ2) is 7.95. The molecule has 3 rings (SSSR count). The van der Waals surface area contributed by atoms with Crippen molar-refractivity contribution < 1.29 is 9.72 Å². The van der Waals surface area contributed by atoms with E-state index in [1.54, 1.807) is 10.9 Å². The van der Waals surface area contributed by atoms with Crippen LogP contribution in [0.3, 0.4) is 0 Å². The summed E-state index contributed by atoms with van der Waals surface area (Å²) in [5.41, 5.74) is 0. The molecule has 1 aromatic heterocycles. The first-order chi connectivity index (χ1) is 12.0. The molecule has 2 aliphatic rings. The van der Waals surface area contributed by atoms with Crippen molar-refractivity contribution in [3.05, 3.63) is 22.4 Å². The molecule has 2 saturated heterocycles. The van der Waals surface area contributed by atoms with Crippen molar-refractivity contribution in [3.8, 4) is 0 Å². The van der Waals surface area contributed by atoms with E-state index in [-0.39, 0.29) is 11.7 Å². The van der Waals surface area contributed by atoms with Crippen LogP contribution in [0.2, 0.25) is 0 Å². The lowest BCUT2D eigenvalue weighted by Crippen LogP contribution is -2.47. The molecule has 8 nitrogen and oxygen atoms in total. The van der Waals surface area contributed by atoms with Crippen LogP contribution in [-0.4, -0.2) is 63.1 Å². The lowest BCUT2D eigenvalue weighted by Gasteiger charge is -2.37. The summed E-state index contributed by atoms with van der Waals surface area (Å²) in [5, 5.41) is 14.6. The van der Waals surface area contributed by atoms with Gasteiger partial charge in [-0.25, -0.2) is 0 Å². The van der Waals surface area contributed by atoms with E-state index in [1.165, 1.54) is 6.07 Å². The number of rotatable bonds is 5. The number of piperidine rings is 2. The number of carbonyl (C=O) groups excluding carboxylic acids is 1. The molecule has 1 aromatic rings. The second-order valence-corrected chi connectivity index (χ2v) is 7.34. The van der Waals surface area contributed by atoms with Gasteiger partial charge in [-0.05, 0) is 43.1 Å². The Morgan fingerprint density at radius 3 is 2.72 bits per heavy atom. The monoisotopic (exact) mass is 349 g/mol. The molecular weight excluding hydrogens is 322 g/mol. The van der Waals surface area contributed by atoms with Gasteiger partial charge in [0.05, 0.1) is 29.8 Å². The van der Waals surface area contributed by atoms with Crippen LogP contribution < -0.4 is 0 Å². The highest BCUT2D eigenvalue weighted by Crippen LogP contribution is 2.23. The van der Waals surface area contributed by atoms with Crippen molar-refractivity contribution in [1.82, 2.24) is 19.6 Å². The van der Waals surface area contributed by atoms with Crippen molar-refractivity contribution >= 4 is 11.7 Å². The van der Waals surface area contributed by atoms with E-state index in [0.29, 0.717) is 12.5 Å². The highest BCUT2D eigenvalue weighted by Gasteiger charge is 2.30. The zero-order valence-corrected chi connectivity index (χ0v) is 14.8. The third-order valence-electron chi connectivity index (χ3n) is 5.41. The molecule has 0 saturated carbocycles. The third kappa shape index (κ3) is 4.56. The van der Waals surface area contributed by atoms with E-state index in [9.17, 15) is 14.9 Å². The average Bonchev–Trinajstić information content (AvgIpc) is 3.10. The summed E-state index contributed by atoms with van der Waals surface area (Å²) in [6, 6.07) is 1.42. The quantitative estimate of drug-likeness (QED) is 0.597. The Labute approximate surface area is 147 Å². The number of carbonyl (C=O) groups is 1. The maximum Gasteiger partial charge on any atom is 0.389 e. The van der Waals surface area contributed by atoms with Gasteiger partial charge in [-0.2, -0.15) is 4.68 Å². The number of likely N-dealkylation sites (tertiary alicyclic amines) is 2. The van der Waals surface area contributed by atoms with Crippen LogP contribution in [0.1, 0.15) is 32.6 Å². The normalized spacial score (nSPS) is 22.9. The van der Waals surface area contributed by atoms with Crippen LogP contribution in [0.25, 0.3) is 0 Å². The van der Waals surface area contributed by atoms with Gasteiger partial charge in [0.25, 0.3) is 0 Å². The van der Waals surface area contributed by atoms with Gasteiger partial charge in [-0.1, -0.05) is 6.92 Å². The van der Waals surface area contributed by atoms with Gasteiger partial charge in [-0.3, -0.25) is 4.79 Å². The smallest absolute Gasteiger partial charge is 0.358 e. The van der Waals surface area contributed by atoms with Crippen molar-refractivity contribution in [2.24, 2.45) is 11.8 Å². The number of amides is 1. The topological polar surface area (TPSA) is 84.5 Å². The average molecular weight is 349 g/mol. The summed E-state index contributed by atoms with van der Waals surface area (Å²) >= 11 is 0. The number of nitrogens with zero attached hydrogens (tertiary/aromatic N) is 5. The summed E-state index contributed by atoms with van der Waals surface area (Å²) in [7, 11) is 0. The minimum Gasteiger partial charge on any atom is -0.358 e. The predicted octanol–water partition coefficient (Wildman–Crippen LogP) is 1.76. The molecule has 0 bridgehead atoms. The molecule has 3 heterocycles. The van der Waals surface area contributed by atoms with E-state index in [1.807, 2.05) is 4.90 Å². The summed E-state index contributed by atoms with van der Waals surface area (Å²) < 4.78 is 1.61. The Balaban J connectivity index is 1.48. The minimum atomic E-state index is -0.481. The Bertz CT molecular complexity index is 609. The molecule has 25 heavy (non-hydrogen) atoms. The van der Waals surface area contributed by atoms with E-state index in [2.05, 4.69) is 16.9 Å². The van der Waals surface area contributed by atoms with E-state index < -0.39 is 4.92 Å². The SMILES string of the molecule is CC1CCN(C(=O)[C@H]2CCCN(CCn3ccc([N+](=O)[O-])n3)C2)CC1. The molecule has 1 atom stereocenters. The highest BCUT2D eigenvalue weighted by molar-refractivity contribution is 5.79. The molecule has 1 amide bonds. The summed E-state index contributed by atoms with van der Waals surface area (Å²) in [5.74, 6) is 1.01. The van der Waals surface area contributed by atoms with Crippen molar-refractivity contribution in [2.45, 2.75) is 39.2 Å². The lowest BCUT2D eigenvalue weighted by molar-refractivity contribution is -0.389. The van der Waals surface area contributed by atoms with Crippen LogP contribution in [0.5, 0.6) is 0 Å². The molecule has 0 radical (unpaired) electrons. The fourth-order valence-electron chi connectivity index (χ4n) is 3.76. The maximum atomic E-state index is 12.8. The molecule has 2 aliphatic heterocycles. The van der Waals surface area contributed by atoms with Gasteiger partial charge < -0.3 is 19.9 Å². The first-order valence-corrected chi connectivity index (χ1v) is 9.22. The van der Waals surface area contributed by atoms with E-state index >= 15 is 0 Å². The Hall–Kier alpha value is -1.96. The van der Waals surface area contributed by atoms with Crippen molar-refractivity contribution in [3.63, 3.8) is 0 Å². The largest absolute Gasteiger partial charge is 0.389 e. The zero-order chi connectivity index (χ0) is 17.8. The lowest BCUT2D eigenvalue weighted by atomic mass is 9.93. The van der Waals surface area contributed by atoms with Crippen molar-refractivity contribution in [2.75, 3.05) is 32.7 Å². The van der Waals surface area contributed by atoms with E-state index in [0.717, 1.165) is 64.3 Å². The molecule has 0 aliphatic carbocycles. The van der Waals surface area contributed by atoms with Gasteiger partial charge in [0.2, 0.25) is 5.91 Å². The Morgan fingerprint density at radius 2 is 2.04 bits per heavy atom. The molecule has 0 unspecified atom stereocenters. The summed E-state index contributed by atoms with van der Waals surface area (Å²) in [4.78, 5) is 27.3. The van der Waals surface area contributed by atoms with Gasteiger partial charge >= 0.3 is 5.82 Å². The highest BCUT2D eigenvalue weighted by atomic mass is 16.6. The van der Waals surface area contributed by atoms with Gasteiger partial charge in [0, 0.05) is 26.2 Å². The van der Waals surface area contributed by atoms with Crippen LogP contribution >= 0.6 is 0 Å².